The number of amides is 1. The summed E-state index contributed by atoms with van der Waals surface area (Å²) >= 11 is 1.57. The number of thiophene rings is 1. The number of carbonyl (C=O) groups is 1. The van der Waals surface area contributed by atoms with E-state index in [1.807, 2.05) is 32.1 Å². The Hall–Kier alpha value is -1.94. The number of nitrogens with zero attached hydrogens (tertiary/aromatic N) is 1. The molecule has 2 aromatic rings. The van der Waals surface area contributed by atoms with Gasteiger partial charge in [-0.1, -0.05) is 12.1 Å². The zero-order valence-electron chi connectivity index (χ0n) is 12.3. The fraction of sp³-hybridized carbons (Fsp3) is 0.235. The van der Waals surface area contributed by atoms with Crippen LogP contribution in [0.25, 0.3) is 16.5 Å². The van der Waals surface area contributed by atoms with Gasteiger partial charge in [-0.25, -0.2) is 4.39 Å². The predicted octanol–water partition coefficient (Wildman–Crippen LogP) is 4.43. The van der Waals surface area contributed by atoms with Crippen molar-refractivity contribution < 1.29 is 9.18 Å². The van der Waals surface area contributed by atoms with Crippen molar-refractivity contribution in [3.05, 3.63) is 53.2 Å². The second kappa shape index (κ2) is 6.68. The second-order valence-corrected chi connectivity index (χ2v) is 6.20. The fourth-order valence-electron chi connectivity index (χ4n) is 1.74. The summed E-state index contributed by atoms with van der Waals surface area (Å²) in [6.07, 6.45) is 3.40. The third-order valence-electron chi connectivity index (χ3n) is 3.27. The average Bonchev–Trinajstić information content (AvgIpc) is 2.93. The summed E-state index contributed by atoms with van der Waals surface area (Å²) in [5.41, 5.74) is 0.978. The van der Waals surface area contributed by atoms with Gasteiger partial charge in [0.1, 0.15) is 5.82 Å². The van der Waals surface area contributed by atoms with Crippen molar-refractivity contribution in [3.63, 3.8) is 0 Å². The number of benzene rings is 1. The largest absolute Gasteiger partial charge is 0.340 e. The maximum atomic E-state index is 12.9. The molecule has 4 heteroatoms. The van der Waals surface area contributed by atoms with Crippen LogP contribution in [0.3, 0.4) is 0 Å². The molecule has 0 saturated heterocycles. The van der Waals surface area contributed by atoms with E-state index in [-0.39, 0.29) is 17.8 Å². The summed E-state index contributed by atoms with van der Waals surface area (Å²) in [6, 6.07) is 10.5. The Labute approximate surface area is 128 Å². The minimum atomic E-state index is -0.238. The summed E-state index contributed by atoms with van der Waals surface area (Å²) in [6.45, 7) is 3.95. The van der Waals surface area contributed by atoms with Crippen molar-refractivity contribution in [2.75, 3.05) is 7.05 Å². The Morgan fingerprint density at radius 2 is 1.86 bits per heavy atom. The van der Waals surface area contributed by atoms with Crippen LogP contribution in [0.15, 0.2) is 42.5 Å². The lowest BCUT2D eigenvalue weighted by molar-refractivity contribution is -0.126. The Morgan fingerprint density at radius 1 is 1.19 bits per heavy atom. The molecular formula is C17H18FNOS. The second-order valence-electron chi connectivity index (χ2n) is 5.09. The smallest absolute Gasteiger partial charge is 0.246 e. The van der Waals surface area contributed by atoms with Gasteiger partial charge >= 0.3 is 0 Å². The van der Waals surface area contributed by atoms with E-state index >= 15 is 0 Å². The number of halogens is 1. The highest BCUT2D eigenvalue weighted by atomic mass is 32.1. The molecule has 2 rings (SSSR count). The van der Waals surface area contributed by atoms with Gasteiger partial charge in [-0.05, 0) is 49.8 Å². The first-order valence-corrected chi connectivity index (χ1v) is 7.59. The highest BCUT2D eigenvalue weighted by molar-refractivity contribution is 7.16. The first-order chi connectivity index (χ1) is 9.97. The Kier molecular flexibility index (Phi) is 4.91. The quantitative estimate of drug-likeness (QED) is 0.765. The third kappa shape index (κ3) is 4.02. The molecule has 0 bridgehead atoms. The van der Waals surface area contributed by atoms with Gasteiger partial charge in [0.05, 0.1) is 0 Å². The van der Waals surface area contributed by atoms with Crippen LogP contribution < -0.4 is 0 Å². The molecule has 0 spiro atoms. The molecule has 1 heterocycles. The highest BCUT2D eigenvalue weighted by Crippen LogP contribution is 2.28. The predicted molar refractivity (Wildman–Crippen MR) is 86.7 cm³/mol. The van der Waals surface area contributed by atoms with Crippen molar-refractivity contribution in [3.8, 4) is 10.4 Å². The van der Waals surface area contributed by atoms with Crippen LogP contribution >= 0.6 is 11.3 Å². The molecule has 0 aliphatic carbocycles. The lowest BCUT2D eigenvalue weighted by Gasteiger charge is -2.19. The molecule has 0 aliphatic rings. The summed E-state index contributed by atoms with van der Waals surface area (Å²) in [7, 11) is 1.79. The van der Waals surface area contributed by atoms with Crippen LogP contribution in [-0.4, -0.2) is 23.9 Å². The van der Waals surface area contributed by atoms with Crippen molar-refractivity contribution in [1.82, 2.24) is 4.90 Å². The molecule has 1 aromatic heterocycles. The zero-order valence-corrected chi connectivity index (χ0v) is 13.2. The highest BCUT2D eigenvalue weighted by Gasteiger charge is 2.08. The number of hydrogen-bond acceptors (Lipinski definition) is 2. The van der Waals surface area contributed by atoms with E-state index in [0.717, 1.165) is 15.3 Å². The lowest BCUT2D eigenvalue weighted by Crippen LogP contribution is -2.31. The summed E-state index contributed by atoms with van der Waals surface area (Å²) < 4.78 is 12.9. The molecule has 21 heavy (non-hydrogen) atoms. The van der Waals surface area contributed by atoms with E-state index in [4.69, 9.17) is 0 Å². The van der Waals surface area contributed by atoms with Gasteiger partial charge in [0.25, 0.3) is 0 Å². The van der Waals surface area contributed by atoms with Crippen LogP contribution in [0.4, 0.5) is 4.39 Å². The lowest BCUT2D eigenvalue weighted by atomic mass is 10.2. The molecular weight excluding hydrogens is 285 g/mol. The van der Waals surface area contributed by atoms with E-state index in [1.54, 1.807) is 41.5 Å². The van der Waals surface area contributed by atoms with Crippen LogP contribution in [0.2, 0.25) is 0 Å². The third-order valence-corrected chi connectivity index (χ3v) is 4.37. The minimum absolute atomic E-state index is 0.0123. The standard InChI is InChI=1S/C17H18FNOS/c1-12(2)19(3)17(20)11-9-15-8-10-16(21-15)13-4-6-14(18)7-5-13/h4-12H,1-3H3/b11-9+. The minimum Gasteiger partial charge on any atom is -0.340 e. The van der Waals surface area contributed by atoms with E-state index in [2.05, 4.69) is 0 Å². The number of likely N-dealkylation sites (N-methyl/N-ethyl adjacent to an activating group) is 1. The molecule has 0 radical (unpaired) electrons. The van der Waals surface area contributed by atoms with Crippen LogP contribution in [-0.2, 0) is 4.79 Å². The topological polar surface area (TPSA) is 20.3 Å². The zero-order chi connectivity index (χ0) is 15.4. The van der Waals surface area contributed by atoms with Gasteiger partial charge < -0.3 is 4.90 Å². The van der Waals surface area contributed by atoms with E-state index in [9.17, 15) is 9.18 Å². The molecule has 0 N–H and O–H groups in total. The monoisotopic (exact) mass is 303 g/mol. The normalized spacial score (nSPS) is 11.3. The van der Waals surface area contributed by atoms with Crippen LogP contribution in [0, 0.1) is 5.82 Å². The number of rotatable bonds is 4. The first kappa shape index (κ1) is 15.4. The van der Waals surface area contributed by atoms with Crippen molar-refractivity contribution in [2.24, 2.45) is 0 Å². The van der Waals surface area contributed by atoms with Gasteiger partial charge in [-0.2, -0.15) is 0 Å². The molecule has 0 saturated carbocycles. The van der Waals surface area contributed by atoms with Crippen LogP contribution in [0.1, 0.15) is 18.7 Å². The van der Waals surface area contributed by atoms with E-state index < -0.39 is 0 Å². The van der Waals surface area contributed by atoms with Crippen molar-refractivity contribution in [1.29, 1.82) is 0 Å². The van der Waals surface area contributed by atoms with Gasteiger partial charge in [0.2, 0.25) is 5.91 Å². The van der Waals surface area contributed by atoms with Crippen LogP contribution in [0.5, 0.6) is 0 Å². The molecule has 0 fully saturated rings. The molecule has 0 unspecified atom stereocenters. The van der Waals surface area contributed by atoms with E-state index in [0.29, 0.717) is 0 Å². The Bertz CT molecular complexity index is 643. The van der Waals surface area contributed by atoms with E-state index in [1.165, 1.54) is 12.1 Å². The summed E-state index contributed by atoms with van der Waals surface area (Å²) in [4.78, 5) is 15.6. The molecule has 0 atom stereocenters. The molecule has 1 aromatic carbocycles. The first-order valence-electron chi connectivity index (χ1n) is 6.78. The Morgan fingerprint density at radius 3 is 2.48 bits per heavy atom. The number of carbonyl (C=O) groups excluding carboxylic acids is 1. The van der Waals surface area contributed by atoms with Gasteiger partial charge in [-0.3, -0.25) is 4.79 Å². The van der Waals surface area contributed by atoms with Crippen molar-refractivity contribution >= 4 is 23.3 Å². The summed E-state index contributed by atoms with van der Waals surface area (Å²) in [5.74, 6) is -0.250. The van der Waals surface area contributed by atoms with Crippen molar-refractivity contribution in [2.45, 2.75) is 19.9 Å². The summed E-state index contributed by atoms with van der Waals surface area (Å²) in [5, 5.41) is 0. The number of hydrogen-bond donors (Lipinski definition) is 0. The molecule has 110 valence electrons. The molecule has 2 nitrogen and oxygen atoms in total. The SMILES string of the molecule is CC(C)N(C)C(=O)/C=C/c1ccc(-c2ccc(F)cc2)s1. The average molecular weight is 303 g/mol. The van der Waals surface area contributed by atoms with Gasteiger partial charge in [0, 0.05) is 28.9 Å². The Balaban J connectivity index is 2.10. The maximum Gasteiger partial charge on any atom is 0.246 e. The molecule has 1 amide bonds. The molecule has 0 aliphatic heterocycles. The fourth-order valence-corrected chi connectivity index (χ4v) is 2.65. The van der Waals surface area contributed by atoms with Gasteiger partial charge in [0.15, 0.2) is 0 Å². The van der Waals surface area contributed by atoms with Gasteiger partial charge in [-0.15, -0.1) is 11.3 Å². The maximum absolute atomic E-state index is 12.9.